The third kappa shape index (κ3) is 2.98. The summed E-state index contributed by atoms with van der Waals surface area (Å²) < 4.78 is 5.33. The number of allylic oxidation sites excluding steroid dienone is 2. The van der Waals surface area contributed by atoms with Crippen LogP contribution >= 0.6 is 0 Å². The minimum atomic E-state index is -0.756. The lowest BCUT2D eigenvalue weighted by Crippen LogP contribution is -2.31. The maximum atomic E-state index is 11.3. The number of rotatable bonds is 1. The molecule has 0 saturated heterocycles. The molecule has 0 bridgehead atoms. The van der Waals surface area contributed by atoms with E-state index in [1.165, 1.54) is 12.5 Å². The van der Waals surface area contributed by atoms with Gasteiger partial charge in [0.2, 0.25) is 0 Å². The molecule has 1 fully saturated rings. The van der Waals surface area contributed by atoms with Crippen LogP contribution in [0.5, 0.6) is 0 Å². The molecule has 0 unspecified atom stereocenters. The zero-order chi connectivity index (χ0) is 15.1. The number of hydrogen-bond acceptors (Lipinski definition) is 3. The van der Waals surface area contributed by atoms with Crippen LogP contribution < -0.4 is 0 Å². The smallest absolute Gasteiger partial charge is 0.303 e. The van der Waals surface area contributed by atoms with Crippen LogP contribution in [0.3, 0.4) is 0 Å². The predicted octanol–water partition coefficient (Wildman–Crippen LogP) is 3.24. The molecular weight excluding hydrogens is 252 g/mol. The van der Waals surface area contributed by atoms with Crippen LogP contribution in [0.15, 0.2) is 23.3 Å². The van der Waals surface area contributed by atoms with E-state index >= 15 is 0 Å². The van der Waals surface area contributed by atoms with Crippen molar-refractivity contribution in [3.63, 3.8) is 0 Å². The number of aliphatic hydroxyl groups excluding tert-OH is 1. The maximum absolute atomic E-state index is 11.3. The molecular formula is C17H26O3. The van der Waals surface area contributed by atoms with Crippen molar-refractivity contribution in [2.75, 3.05) is 0 Å². The molecule has 2 aliphatic rings. The van der Waals surface area contributed by atoms with Crippen LogP contribution in [-0.4, -0.2) is 23.3 Å². The van der Waals surface area contributed by atoms with Gasteiger partial charge in [0.15, 0.2) is 6.10 Å². The average Bonchev–Trinajstić information content (AvgIpc) is 2.83. The van der Waals surface area contributed by atoms with E-state index in [9.17, 15) is 9.90 Å². The number of carbonyl (C=O) groups is 1. The van der Waals surface area contributed by atoms with Crippen molar-refractivity contribution in [2.45, 2.75) is 59.7 Å². The van der Waals surface area contributed by atoms with Crippen molar-refractivity contribution in [2.24, 2.45) is 17.3 Å². The van der Waals surface area contributed by atoms with Crippen LogP contribution in [0.4, 0.5) is 0 Å². The van der Waals surface area contributed by atoms with E-state index in [1.54, 1.807) is 0 Å². The molecule has 112 valence electrons. The van der Waals surface area contributed by atoms with E-state index in [4.69, 9.17) is 4.74 Å². The van der Waals surface area contributed by atoms with Crippen molar-refractivity contribution < 1.29 is 14.6 Å². The number of ether oxygens (including phenoxy) is 1. The standard InChI is InChI=1S/C17H26O3/c1-10-6-7-13-14(17(13,4)5)9-11(2)16(15(19)8-10)20-12(3)18/h8-9,13-16,19H,6-7H2,1-5H3/b10-8-,11-9-/t13-,14-,15-,16-/m0/s1. The lowest BCUT2D eigenvalue weighted by molar-refractivity contribution is -0.148. The van der Waals surface area contributed by atoms with Crippen molar-refractivity contribution >= 4 is 5.97 Å². The Balaban J connectivity index is 2.31. The van der Waals surface area contributed by atoms with E-state index in [-0.39, 0.29) is 5.97 Å². The Labute approximate surface area is 121 Å². The van der Waals surface area contributed by atoms with E-state index < -0.39 is 12.2 Å². The fourth-order valence-electron chi connectivity index (χ4n) is 3.50. The van der Waals surface area contributed by atoms with E-state index in [0.29, 0.717) is 17.3 Å². The lowest BCUT2D eigenvalue weighted by Gasteiger charge is -2.23. The monoisotopic (exact) mass is 278 g/mol. The molecule has 4 atom stereocenters. The van der Waals surface area contributed by atoms with Crippen LogP contribution in [-0.2, 0) is 9.53 Å². The van der Waals surface area contributed by atoms with E-state index in [0.717, 1.165) is 18.4 Å². The first kappa shape index (κ1) is 15.3. The Morgan fingerprint density at radius 3 is 2.60 bits per heavy atom. The van der Waals surface area contributed by atoms with Crippen molar-refractivity contribution in [1.29, 1.82) is 0 Å². The first-order valence-electron chi connectivity index (χ1n) is 7.44. The highest BCUT2D eigenvalue weighted by Crippen LogP contribution is 2.61. The van der Waals surface area contributed by atoms with Gasteiger partial charge < -0.3 is 9.84 Å². The highest BCUT2D eigenvalue weighted by atomic mass is 16.6. The second-order valence-electron chi connectivity index (χ2n) is 6.94. The fourth-order valence-corrected chi connectivity index (χ4v) is 3.50. The van der Waals surface area contributed by atoms with Gasteiger partial charge in [0.1, 0.15) is 6.10 Å². The summed E-state index contributed by atoms with van der Waals surface area (Å²) in [6, 6.07) is 0. The van der Waals surface area contributed by atoms with Gasteiger partial charge in [0, 0.05) is 6.92 Å². The third-order valence-corrected chi connectivity index (χ3v) is 4.94. The van der Waals surface area contributed by atoms with Crippen LogP contribution in [0, 0.1) is 17.3 Å². The van der Waals surface area contributed by atoms with Gasteiger partial charge >= 0.3 is 5.97 Å². The highest BCUT2D eigenvalue weighted by Gasteiger charge is 2.55. The summed E-state index contributed by atoms with van der Waals surface area (Å²) in [4.78, 5) is 11.3. The van der Waals surface area contributed by atoms with Gasteiger partial charge in [-0.25, -0.2) is 0 Å². The Morgan fingerprint density at radius 1 is 1.35 bits per heavy atom. The molecule has 0 aromatic rings. The Hall–Kier alpha value is -1.09. The molecule has 1 N–H and O–H groups in total. The Bertz CT molecular complexity index is 459. The normalized spacial score (nSPS) is 41.5. The first-order chi connectivity index (χ1) is 9.23. The van der Waals surface area contributed by atoms with Crippen LogP contribution in [0.2, 0.25) is 0 Å². The number of carbonyl (C=O) groups excluding carboxylic acids is 1. The maximum Gasteiger partial charge on any atom is 0.303 e. The second kappa shape index (κ2) is 5.36. The summed E-state index contributed by atoms with van der Waals surface area (Å²) in [5.41, 5.74) is 2.45. The Kier molecular flexibility index (Phi) is 4.10. The molecule has 2 aliphatic carbocycles. The van der Waals surface area contributed by atoms with Crippen LogP contribution in [0.25, 0.3) is 0 Å². The lowest BCUT2D eigenvalue weighted by atomic mass is 9.97. The third-order valence-electron chi connectivity index (χ3n) is 4.94. The minimum absolute atomic E-state index is 0.317. The van der Waals surface area contributed by atoms with Gasteiger partial charge in [-0.15, -0.1) is 0 Å². The van der Waals surface area contributed by atoms with Gasteiger partial charge in [-0.2, -0.15) is 0 Å². The van der Waals surface area contributed by atoms with Gasteiger partial charge in [-0.1, -0.05) is 31.6 Å². The largest absolute Gasteiger partial charge is 0.455 e. The molecule has 0 amide bonds. The van der Waals surface area contributed by atoms with Crippen molar-refractivity contribution in [3.8, 4) is 0 Å². The van der Waals surface area contributed by atoms with Crippen LogP contribution in [0.1, 0.15) is 47.5 Å². The van der Waals surface area contributed by atoms with E-state index in [2.05, 4.69) is 19.9 Å². The number of esters is 1. The van der Waals surface area contributed by atoms with E-state index in [1.807, 2.05) is 19.9 Å². The van der Waals surface area contributed by atoms with Gasteiger partial charge in [0.25, 0.3) is 0 Å². The summed E-state index contributed by atoms with van der Waals surface area (Å²) >= 11 is 0. The van der Waals surface area contributed by atoms with Crippen molar-refractivity contribution in [1.82, 2.24) is 0 Å². The molecule has 0 aromatic heterocycles. The first-order valence-corrected chi connectivity index (χ1v) is 7.44. The summed E-state index contributed by atoms with van der Waals surface area (Å²) in [6.07, 6.45) is 4.89. The number of hydrogen-bond donors (Lipinski definition) is 1. The second-order valence-corrected chi connectivity index (χ2v) is 6.94. The summed E-state index contributed by atoms with van der Waals surface area (Å²) in [5, 5.41) is 10.3. The zero-order valence-corrected chi connectivity index (χ0v) is 13.1. The molecule has 0 radical (unpaired) electrons. The Morgan fingerprint density at radius 2 is 2.00 bits per heavy atom. The zero-order valence-electron chi connectivity index (χ0n) is 13.1. The minimum Gasteiger partial charge on any atom is -0.455 e. The molecule has 0 spiro atoms. The SMILES string of the molecule is CC(=O)O[C@H]1/C(C)=C\[C@H]2[C@H](CC/C(C)=C\[C@@H]1O)C2(C)C. The number of aliphatic hydroxyl groups is 1. The predicted molar refractivity (Wildman–Crippen MR) is 79.1 cm³/mol. The molecule has 0 aromatic carbocycles. The summed E-state index contributed by atoms with van der Waals surface area (Å²) in [6.45, 7) is 9.96. The van der Waals surface area contributed by atoms with Gasteiger partial charge in [0.05, 0.1) is 0 Å². The molecule has 20 heavy (non-hydrogen) atoms. The quantitative estimate of drug-likeness (QED) is 0.591. The highest BCUT2D eigenvalue weighted by molar-refractivity contribution is 5.66. The summed E-state index contributed by atoms with van der Waals surface area (Å²) in [7, 11) is 0. The molecule has 2 rings (SSSR count). The molecule has 3 nitrogen and oxygen atoms in total. The fraction of sp³-hybridized carbons (Fsp3) is 0.706. The van der Waals surface area contributed by atoms with Gasteiger partial charge in [-0.3, -0.25) is 4.79 Å². The summed E-state index contributed by atoms with van der Waals surface area (Å²) in [5.74, 6) is 0.865. The molecule has 0 aliphatic heterocycles. The topological polar surface area (TPSA) is 46.5 Å². The average molecular weight is 278 g/mol. The van der Waals surface area contributed by atoms with Gasteiger partial charge in [-0.05, 0) is 49.5 Å². The molecule has 1 saturated carbocycles. The molecule has 0 heterocycles. The number of fused-ring (bicyclic) bond motifs is 1. The molecule has 3 heteroatoms. The van der Waals surface area contributed by atoms with Crippen molar-refractivity contribution in [3.05, 3.63) is 23.3 Å².